The Morgan fingerprint density at radius 2 is 2.14 bits per heavy atom. The molecular weight excluding hydrogens is 280 g/mol. The number of fused-ring (bicyclic) bond motifs is 2. The van der Waals surface area contributed by atoms with Crippen molar-refractivity contribution in [2.24, 2.45) is 0 Å². The second-order valence-corrected chi connectivity index (χ2v) is 5.22. The van der Waals surface area contributed by atoms with E-state index in [1.165, 1.54) is 9.47 Å². The molecule has 2 aliphatic rings. The Morgan fingerprint density at radius 1 is 1.43 bits per heavy atom. The van der Waals surface area contributed by atoms with Crippen molar-refractivity contribution in [3.63, 3.8) is 0 Å². The van der Waals surface area contributed by atoms with E-state index in [0.717, 1.165) is 6.20 Å². The lowest BCUT2D eigenvalue weighted by Gasteiger charge is -2.42. The second kappa shape index (κ2) is 4.59. The predicted molar refractivity (Wildman–Crippen MR) is 69.3 cm³/mol. The van der Waals surface area contributed by atoms with Gasteiger partial charge in [-0.3, -0.25) is 9.59 Å². The monoisotopic (exact) mass is 294 g/mol. The van der Waals surface area contributed by atoms with Gasteiger partial charge >= 0.3 is 5.97 Å². The molecule has 2 unspecified atom stereocenters. The molecule has 1 aromatic heterocycles. The molecule has 2 N–H and O–H groups in total. The summed E-state index contributed by atoms with van der Waals surface area (Å²) in [6, 6.07) is 0. The number of aromatic nitrogens is 1. The molecule has 1 aromatic rings. The molecule has 2 aliphatic heterocycles. The highest BCUT2D eigenvalue weighted by Gasteiger charge is 2.39. The summed E-state index contributed by atoms with van der Waals surface area (Å²) in [7, 11) is 0. The number of aromatic hydroxyl groups is 1. The summed E-state index contributed by atoms with van der Waals surface area (Å²) in [4.78, 5) is 36.7. The lowest BCUT2D eigenvalue weighted by Crippen LogP contribution is -2.54. The number of ether oxygens (including phenoxy) is 1. The van der Waals surface area contributed by atoms with Gasteiger partial charge < -0.3 is 24.4 Å². The molecule has 1 fully saturated rings. The average molecular weight is 294 g/mol. The van der Waals surface area contributed by atoms with Crippen molar-refractivity contribution in [3.05, 3.63) is 27.7 Å². The van der Waals surface area contributed by atoms with Crippen molar-refractivity contribution in [2.45, 2.75) is 32.2 Å². The van der Waals surface area contributed by atoms with Gasteiger partial charge in [0.15, 0.2) is 17.7 Å². The fourth-order valence-corrected chi connectivity index (χ4v) is 2.72. The van der Waals surface area contributed by atoms with E-state index in [0.29, 0.717) is 13.0 Å². The molecule has 3 heterocycles. The van der Waals surface area contributed by atoms with Crippen LogP contribution in [0, 0.1) is 0 Å². The van der Waals surface area contributed by atoms with E-state index in [-0.39, 0.29) is 18.3 Å². The zero-order valence-electron chi connectivity index (χ0n) is 11.3. The van der Waals surface area contributed by atoms with Gasteiger partial charge in [0.25, 0.3) is 5.91 Å². The number of nitrogens with zero attached hydrogens (tertiary/aromatic N) is 2. The SMILES string of the molecule is CC1CCN2C(=O)c3c(O)c(=O)c(C(=O)O)cn3CC2O1. The largest absolute Gasteiger partial charge is 0.503 e. The standard InChI is InChI=1S/C13H14N2O6/c1-6-2-3-15-8(21-6)5-14-4-7(13(19)20)10(16)11(17)9(14)12(15)18/h4,6,8,17H,2-3,5H2,1H3,(H,19,20). The van der Waals surface area contributed by atoms with Gasteiger partial charge in [0, 0.05) is 12.7 Å². The molecule has 0 bridgehead atoms. The van der Waals surface area contributed by atoms with Gasteiger partial charge in [-0.05, 0) is 13.3 Å². The number of carbonyl (C=O) groups excluding carboxylic acids is 1. The number of hydrogen-bond donors (Lipinski definition) is 2. The molecule has 1 saturated heterocycles. The van der Waals surface area contributed by atoms with E-state index in [1.54, 1.807) is 0 Å². The number of aromatic carboxylic acids is 1. The zero-order chi connectivity index (χ0) is 15.3. The van der Waals surface area contributed by atoms with E-state index in [9.17, 15) is 19.5 Å². The minimum Gasteiger partial charge on any atom is -0.503 e. The number of amides is 1. The average Bonchev–Trinajstić information content (AvgIpc) is 2.42. The van der Waals surface area contributed by atoms with Gasteiger partial charge in [-0.25, -0.2) is 4.79 Å². The fourth-order valence-electron chi connectivity index (χ4n) is 2.72. The Bertz CT molecular complexity index is 695. The van der Waals surface area contributed by atoms with Gasteiger partial charge in [-0.2, -0.15) is 0 Å². The first-order valence-corrected chi connectivity index (χ1v) is 6.56. The number of hydrogen-bond acceptors (Lipinski definition) is 5. The lowest BCUT2D eigenvalue weighted by atomic mass is 10.1. The summed E-state index contributed by atoms with van der Waals surface area (Å²) in [5.41, 5.74) is -1.80. The summed E-state index contributed by atoms with van der Waals surface area (Å²) in [5, 5.41) is 18.9. The van der Waals surface area contributed by atoms with Gasteiger partial charge in [0.05, 0.1) is 12.6 Å². The van der Waals surface area contributed by atoms with Crippen molar-refractivity contribution in [3.8, 4) is 5.75 Å². The Balaban J connectivity index is 2.14. The van der Waals surface area contributed by atoms with Crippen LogP contribution in [-0.2, 0) is 11.3 Å². The van der Waals surface area contributed by atoms with Crippen LogP contribution in [0.3, 0.4) is 0 Å². The van der Waals surface area contributed by atoms with Crippen molar-refractivity contribution < 1.29 is 24.5 Å². The molecule has 0 spiro atoms. The first-order chi connectivity index (χ1) is 9.90. The highest BCUT2D eigenvalue weighted by Crippen LogP contribution is 2.27. The first-order valence-electron chi connectivity index (χ1n) is 6.56. The molecule has 0 saturated carbocycles. The number of carboxylic acids is 1. The Labute approximate surface area is 119 Å². The molecule has 3 rings (SSSR count). The molecule has 8 nitrogen and oxygen atoms in total. The van der Waals surface area contributed by atoms with Crippen molar-refractivity contribution in [1.82, 2.24) is 9.47 Å². The molecule has 2 atom stereocenters. The smallest absolute Gasteiger partial charge is 0.341 e. The summed E-state index contributed by atoms with van der Waals surface area (Å²) < 4.78 is 6.94. The summed E-state index contributed by atoms with van der Waals surface area (Å²) in [6.45, 7) is 2.54. The lowest BCUT2D eigenvalue weighted by molar-refractivity contribution is -0.128. The van der Waals surface area contributed by atoms with Gasteiger partial charge in [-0.1, -0.05) is 0 Å². The maximum atomic E-state index is 12.4. The number of carboxylic acid groups (broad SMARTS) is 1. The maximum Gasteiger partial charge on any atom is 0.341 e. The third-order valence-corrected chi connectivity index (χ3v) is 3.82. The van der Waals surface area contributed by atoms with E-state index < -0.39 is 34.8 Å². The third-order valence-electron chi connectivity index (χ3n) is 3.82. The van der Waals surface area contributed by atoms with Crippen LogP contribution in [0.25, 0.3) is 0 Å². The number of carbonyl (C=O) groups is 2. The van der Waals surface area contributed by atoms with Crippen molar-refractivity contribution in [2.75, 3.05) is 6.54 Å². The summed E-state index contributed by atoms with van der Waals surface area (Å²) in [6.07, 6.45) is 1.22. The Kier molecular flexibility index (Phi) is 2.98. The van der Waals surface area contributed by atoms with Crippen LogP contribution < -0.4 is 5.43 Å². The van der Waals surface area contributed by atoms with Crippen LogP contribution in [-0.4, -0.2) is 50.4 Å². The van der Waals surface area contributed by atoms with Gasteiger partial charge in [-0.15, -0.1) is 0 Å². The van der Waals surface area contributed by atoms with Crippen molar-refractivity contribution in [1.29, 1.82) is 0 Å². The summed E-state index contributed by atoms with van der Waals surface area (Å²) in [5.74, 6) is -2.79. The van der Waals surface area contributed by atoms with Crippen molar-refractivity contribution >= 4 is 11.9 Å². The number of rotatable bonds is 1. The first kappa shape index (κ1) is 13.6. The highest BCUT2D eigenvalue weighted by molar-refractivity contribution is 5.97. The van der Waals surface area contributed by atoms with E-state index in [4.69, 9.17) is 9.84 Å². The molecule has 0 aliphatic carbocycles. The van der Waals surface area contributed by atoms with Crippen LogP contribution in [0.5, 0.6) is 5.75 Å². The van der Waals surface area contributed by atoms with Crippen LogP contribution >= 0.6 is 0 Å². The van der Waals surface area contributed by atoms with Gasteiger partial charge in [0.1, 0.15) is 5.56 Å². The van der Waals surface area contributed by atoms with Crippen LogP contribution in [0.4, 0.5) is 0 Å². The predicted octanol–water partition coefficient (Wildman–Crippen LogP) is -0.157. The molecule has 112 valence electrons. The minimum absolute atomic E-state index is 0.00692. The van der Waals surface area contributed by atoms with Gasteiger partial charge in [0.2, 0.25) is 5.43 Å². The summed E-state index contributed by atoms with van der Waals surface area (Å²) >= 11 is 0. The molecule has 21 heavy (non-hydrogen) atoms. The van der Waals surface area contributed by atoms with Crippen LogP contribution in [0.1, 0.15) is 34.2 Å². The van der Waals surface area contributed by atoms with Crippen LogP contribution in [0.15, 0.2) is 11.0 Å². The Morgan fingerprint density at radius 3 is 2.81 bits per heavy atom. The normalized spacial score (nSPS) is 24.4. The Hall–Kier alpha value is -2.35. The quantitative estimate of drug-likeness (QED) is 0.745. The molecule has 1 amide bonds. The highest BCUT2D eigenvalue weighted by atomic mass is 16.5. The van der Waals surface area contributed by atoms with E-state index >= 15 is 0 Å². The second-order valence-electron chi connectivity index (χ2n) is 5.22. The number of pyridine rings is 1. The molecular formula is C13H14N2O6. The zero-order valence-corrected chi connectivity index (χ0v) is 11.3. The maximum absolute atomic E-state index is 12.4. The third kappa shape index (κ3) is 1.99. The van der Waals surface area contributed by atoms with E-state index in [2.05, 4.69) is 0 Å². The molecule has 8 heteroatoms. The fraction of sp³-hybridized carbons (Fsp3) is 0.462. The minimum atomic E-state index is -1.45. The topological polar surface area (TPSA) is 109 Å². The molecule has 0 radical (unpaired) electrons. The molecule has 0 aromatic carbocycles. The van der Waals surface area contributed by atoms with Crippen LogP contribution in [0.2, 0.25) is 0 Å². The van der Waals surface area contributed by atoms with E-state index in [1.807, 2.05) is 6.92 Å².